The minimum absolute atomic E-state index is 0.140. The summed E-state index contributed by atoms with van der Waals surface area (Å²) in [6.45, 7) is 0.540. The molecule has 7 heteroatoms. The van der Waals surface area contributed by atoms with Crippen molar-refractivity contribution in [1.29, 1.82) is 0 Å². The average molecular weight is 413 g/mol. The number of pyridine rings is 1. The molecular formula is C24H23N5O2. The number of hydrogen-bond acceptors (Lipinski definition) is 5. The number of nitrogens with zero attached hydrogens (tertiary/aromatic N) is 3. The van der Waals surface area contributed by atoms with E-state index in [9.17, 15) is 4.79 Å². The lowest BCUT2D eigenvalue weighted by Gasteiger charge is -2.27. The van der Waals surface area contributed by atoms with Gasteiger partial charge in [0, 0.05) is 54.6 Å². The van der Waals surface area contributed by atoms with Crippen molar-refractivity contribution < 1.29 is 9.53 Å². The van der Waals surface area contributed by atoms with Gasteiger partial charge in [-0.05, 0) is 47.2 Å². The molecule has 0 aliphatic carbocycles. The highest BCUT2D eigenvalue weighted by Gasteiger charge is 2.23. The number of carbonyl (C=O) groups is 1. The second-order valence-corrected chi connectivity index (χ2v) is 7.72. The van der Waals surface area contributed by atoms with E-state index in [0.29, 0.717) is 13.0 Å². The van der Waals surface area contributed by atoms with Crippen LogP contribution < -0.4 is 15.0 Å². The van der Waals surface area contributed by atoms with Crippen LogP contribution in [0.15, 0.2) is 55.0 Å². The summed E-state index contributed by atoms with van der Waals surface area (Å²) in [5.74, 6) is 1.74. The van der Waals surface area contributed by atoms with E-state index in [1.807, 2.05) is 43.8 Å². The molecule has 1 amide bonds. The maximum absolute atomic E-state index is 12.1. The molecule has 0 fully saturated rings. The molecule has 1 aliphatic rings. The topological polar surface area (TPSA) is 83.1 Å². The highest BCUT2D eigenvalue weighted by Crippen LogP contribution is 2.34. The standard InChI is InChI=1S/C24H23N5O2/c1-29-21-8-19(22(31-2)9-16(21)5-6-24(29)30)12-26-23-10-18-7-15(20-13-27-28-14-20)3-4-17(18)11-25-23/h3-4,7-11,13-14H,5-6,12H2,1-2H3,(H,25,26)(H,27,28). The molecule has 2 N–H and O–H groups in total. The molecule has 4 aromatic rings. The van der Waals surface area contributed by atoms with Crippen molar-refractivity contribution in [3.05, 3.63) is 66.1 Å². The number of benzene rings is 2. The van der Waals surface area contributed by atoms with Crippen LogP contribution >= 0.6 is 0 Å². The fraction of sp³-hybridized carbons (Fsp3) is 0.208. The van der Waals surface area contributed by atoms with Gasteiger partial charge in [-0.1, -0.05) is 12.1 Å². The van der Waals surface area contributed by atoms with E-state index in [1.165, 1.54) is 0 Å². The van der Waals surface area contributed by atoms with Crippen molar-refractivity contribution >= 4 is 28.2 Å². The lowest BCUT2D eigenvalue weighted by molar-refractivity contribution is -0.118. The third-order valence-electron chi connectivity index (χ3n) is 5.84. The Bertz CT molecular complexity index is 1270. The van der Waals surface area contributed by atoms with Gasteiger partial charge in [-0.25, -0.2) is 4.98 Å². The van der Waals surface area contributed by atoms with E-state index in [-0.39, 0.29) is 5.91 Å². The first-order valence-corrected chi connectivity index (χ1v) is 10.2. The van der Waals surface area contributed by atoms with Crippen LogP contribution in [0.1, 0.15) is 17.5 Å². The number of anilines is 2. The highest BCUT2D eigenvalue weighted by atomic mass is 16.5. The minimum Gasteiger partial charge on any atom is -0.496 e. The molecule has 2 aromatic carbocycles. The zero-order chi connectivity index (χ0) is 21.4. The van der Waals surface area contributed by atoms with Crippen LogP contribution in [0.5, 0.6) is 5.75 Å². The first-order valence-electron chi connectivity index (χ1n) is 10.2. The molecule has 0 bridgehead atoms. The number of methoxy groups -OCH3 is 1. The van der Waals surface area contributed by atoms with Crippen molar-refractivity contribution in [1.82, 2.24) is 15.2 Å². The molecule has 1 aliphatic heterocycles. The lowest BCUT2D eigenvalue weighted by atomic mass is 9.98. The number of hydrogen-bond donors (Lipinski definition) is 2. The first kappa shape index (κ1) is 19.1. The molecule has 7 nitrogen and oxygen atoms in total. The smallest absolute Gasteiger partial charge is 0.227 e. The van der Waals surface area contributed by atoms with E-state index >= 15 is 0 Å². The maximum Gasteiger partial charge on any atom is 0.227 e. The van der Waals surface area contributed by atoms with Gasteiger partial charge in [0.2, 0.25) is 5.91 Å². The number of rotatable bonds is 5. The van der Waals surface area contributed by atoms with Crippen LogP contribution in [-0.4, -0.2) is 35.2 Å². The van der Waals surface area contributed by atoms with Crippen LogP contribution in [0.2, 0.25) is 0 Å². The molecule has 31 heavy (non-hydrogen) atoms. The summed E-state index contributed by atoms with van der Waals surface area (Å²) in [5.41, 5.74) is 5.22. The van der Waals surface area contributed by atoms with Crippen LogP contribution in [0.3, 0.4) is 0 Å². The van der Waals surface area contributed by atoms with Gasteiger partial charge in [0.05, 0.1) is 13.3 Å². The third kappa shape index (κ3) is 3.59. The second-order valence-electron chi connectivity index (χ2n) is 7.72. The Morgan fingerprint density at radius 1 is 1.10 bits per heavy atom. The second kappa shape index (κ2) is 7.75. The lowest BCUT2D eigenvalue weighted by Crippen LogP contribution is -2.31. The number of nitrogens with one attached hydrogen (secondary N) is 2. The van der Waals surface area contributed by atoms with E-state index < -0.39 is 0 Å². The normalized spacial score (nSPS) is 13.4. The molecule has 3 heterocycles. The maximum atomic E-state index is 12.1. The summed E-state index contributed by atoms with van der Waals surface area (Å²) in [7, 11) is 3.50. The van der Waals surface area contributed by atoms with Crippen LogP contribution in [-0.2, 0) is 17.8 Å². The van der Waals surface area contributed by atoms with Gasteiger partial charge in [0.25, 0.3) is 0 Å². The van der Waals surface area contributed by atoms with Crippen molar-refractivity contribution in [3.8, 4) is 16.9 Å². The summed E-state index contributed by atoms with van der Waals surface area (Å²) in [6.07, 6.45) is 6.84. The van der Waals surface area contributed by atoms with Crippen LogP contribution in [0.4, 0.5) is 11.5 Å². The van der Waals surface area contributed by atoms with Crippen LogP contribution in [0.25, 0.3) is 21.9 Å². The van der Waals surface area contributed by atoms with Gasteiger partial charge in [0.1, 0.15) is 11.6 Å². The highest BCUT2D eigenvalue weighted by molar-refractivity contribution is 5.96. The number of aromatic nitrogens is 3. The Morgan fingerprint density at radius 2 is 2.00 bits per heavy atom. The van der Waals surface area contributed by atoms with Crippen molar-refractivity contribution in [2.75, 3.05) is 24.4 Å². The summed E-state index contributed by atoms with van der Waals surface area (Å²) >= 11 is 0. The minimum atomic E-state index is 0.140. The van der Waals surface area contributed by atoms with Gasteiger partial charge < -0.3 is 15.0 Å². The predicted molar refractivity (Wildman–Crippen MR) is 121 cm³/mol. The zero-order valence-electron chi connectivity index (χ0n) is 17.5. The van der Waals surface area contributed by atoms with E-state index in [4.69, 9.17) is 4.74 Å². The number of H-pyrrole nitrogens is 1. The van der Waals surface area contributed by atoms with Crippen LogP contribution in [0, 0.1) is 0 Å². The van der Waals surface area contributed by atoms with Gasteiger partial charge in [-0.15, -0.1) is 0 Å². The molecular weight excluding hydrogens is 390 g/mol. The zero-order valence-corrected chi connectivity index (χ0v) is 17.5. The SMILES string of the molecule is COc1cc2c(cc1CNc1cc3cc(-c4cn[nH]c4)ccc3cn1)N(C)C(=O)CC2. The van der Waals surface area contributed by atoms with Gasteiger partial charge >= 0.3 is 0 Å². The Balaban J connectivity index is 1.42. The number of aromatic amines is 1. The Labute approximate surface area is 180 Å². The molecule has 0 spiro atoms. The van der Waals surface area contributed by atoms with E-state index in [0.717, 1.165) is 56.7 Å². The number of fused-ring (bicyclic) bond motifs is 2. The number of amides is 1. The first-order chi connectivity index (χ1) is 15.1. The van der Waals surface area contributed by atoms with Crippen molar-refractivity contribution in [2.24, 2.45) is 0 Å². The van der Waals surface area contributed by atoms with Crippen molar-refractivity contribution in [2.45, 2.75) is 19.4 Å². The monoisotopic (exact) mass is 413 g/mol. The molecule has 2 aromatic heterocycles. The average Bonchev–Trinajstić information content (AvgIpc) is 3.34. The summed E-state index contributed by atoms with van der Waals surface area (Å²) in [6, 6.07) is 12.4. The summed E-state index contributed by atoms with van der Waals surface area (Å²) < 4.78 is 5.62. The van der Waals surface area contributed by atoms with Gasteiger partial charge in [-0.3, -0.25) is 9.89 Å². The summed E-state index contributed by atoms with van der Waals surface area (Å²) in [4.78, 5) is 18.4. The molecule has 0 atom stereocenters. The number of aryl methyl sites for hydroxylation is 1. The van der Waals surface area contributed by atoms with Crippen molar-refractivity contribution in [3.63, 3.8) is 0 Å². The fourth-order valence-corrected chi connectivity index (χ4v) is 4.05. The molecule has 0 saturated carbocycles. The largest absolute Gasteiger partial charge is 0.496 e. The Morgan fingerprint density at radius 3 is 2.81 bits per heavy atom. The summed E-state index contributed by atoms with van der Waals surface area (Å²) in [5, 5.41) is 12.5. The Kier molecular flexibility index (Phi) is 4.78. The van der Waals surface area contributed by atoms with Gasteiger partial charge in [0.15, 0.2) is 0 Å². The molecule has 0 unspecified atom stereocenters. The van der Waals surface area contributed by atoms with E-state index in [1.54, 1.807) is 12.0 Å². The Hall–Kier alpha value is -3.87. The molecule has 0 saturated heterocycles. The fourth-order valence-electron chi connectivity index (χ4n) is 4.05. The third-order valence-corrected chi connectivity index (χ3v) is 5.84. The molecule has 0 radical (unpaired) electrons. The predicted octanol–water partition coefficient (Wildman–Crippen LogP) is 4.15. The number of ether oxygens (including phenoxy) is 1. The quantitative estimate of drug-likeness (QED) is 0.513. The molecule has 5 rings (SSSR count). The number of carbonyl (C=O) groups excluding carboxylic acids is 1. The van der Waals surface area contributed by atoms with Gasteiger partial charge in [-0.2, -0.15) is 5.10 Å². The molecule has 156 valence electrons. The van der Waals surface area contributed by atoms with E-state index in [2.05, 4.69) is 38.7 Å².